The first-order chi connectivity index (χ1) is 22.0. The Morgan fingerprint density at radius 1 is 0.622 bits per heavy atom. The standard InChI is InChI=1S/C44H36S/c1-30-16-21-34(22-17-30)31(2)28-37(25-20-33-18-23-36(24-19-33)35-10-5-4-6-11-35)39-27-26-38(29-32(39)3)40-13-9-14-42-41-12-7-8-15-43(41)45-44(40)42/h4-19,21-29H,20H2,1-3H3/b31-28+,37-25+. The fourth-order valence-electron chi connectivity index (χ4n) is 6.20. The fraction of sp³-hybridized carbons (Fsp3) is 0.0909. The van der Waals surface area contributed by atoms with Gasteiger partial charge in [0.25, 0.3) is 0 Å². The van der Waals surface area contributed by atoms with E-state index in [2.05, 4.69) is 172 Å². The zero-order chi connectivity index (χ0) is 30.8. The second-order valence-corrected chi connectivity index (χ2v) is 13.0. The lowest BCUT2D eigenvalue weighted by atomic mass is 9.92. The molecule has 0 radical (unpaired) electrons. The van der Waals surface area contributed by atoms with Crippen molar-refractivity contribution in [3.05, 3.63) is 179 Å². The van der Waals surface area contributed by atoms with Gasteiger partial charge >= 0.3 is 0 Å². The van der Waals surface area contributed by atoms with Crippen LogP contribution in [-0.4, -0.2) is 0 Å². The molecule has 0 aliphatic carbocycles. The van der Waals surface area contributed by atoms with E-state index in [1.807, 2.05) is 11.3 Å². The van der Waals surface area contributed by atoms with Crippen LogP contribution in [0.2, 0.25) is 0 Å². The molecule has 0 unspecified atom stereocenters. The van der Waals surface area contributed by atoms with Crippen LogP contribution in [0, 0.1) is 13.8 Å². The molecule has 1 heteroatoms. The summed E-state index contributed by atoms with van der Waals surface area (Å²) >= 11 is 1.89. The van der Waals surface area contributed by atoms with Gasteiger partial charge < -0.3 is 0 Å². The molecule has 0 fully saturated rings. The molecule has 0 N–H and O–H groups in total. The summed E-state index contributed by atoms with van der Waals surface area (Å²) < 4.78 is 2.70. The van der Waals surface area contributed by atoms with Crippen LogP contribution in [-0.2, 0) is 6.42 Å². The van der Waals surface area contributed by atoms with Gasteiger partial charge in [-0.2, -0.15) is 0 Å². The summed E-state index contributed by atoms with van der Waals surface area (Å²) in [7, 11) is 0. The zero-order valence-electron chi connectivity index (χ0n) is 26.0. The first-order valence-corrected chi connectivity index (χ1v) is 16.5. The molecule has 0 nitrogen and oxygen atoms in total. The topological polar surface area (TPSA) is 0 Å². The summed E-state index contributed by atoms with van der Waals surface area (Å²) in [6.45, 7) is 6.61. The Hall–Kier alpha value is -4.98. The van der Waals surface area contributed by atoms with Crippen LogP contribution >= 0.6 is 11.3 Å². The summed E-state index contributed by atoms with van der Waals surface area (Å²) in [5, 5.41) is 2.68. The van der Waals surface area contributed by atoms with E-state index < -0.39 is 0 Å². The minimum atomic E-state index is 0.865. The maximum absolute atomic E-state index is 2.39. The third-order valence-corrected chi connectivity index (χ3v) is 9.97. The van der Waals surface area contributed by atoms with Gasteiger partial charge in [-0.05, 0) is 88.9 Å². The summed E-state index contributed by atoms with van der Waals surface area (Å²) in [5.74, 6) is 0. The Bertz CT molecular complexity index is 2170. The average Bonchev–Trinajstić information content (AvgIpc) is 3.47. The minimum absolute atomic E-state index is 0.865. The maximum atomic E-state index is 2.39. The number of allylic oxidation sites excluding steroid dienone is 4. The lowest BCUT2D eigenvalue weighted by Gasteiger charge is -2.13. The van der Waals surface area contributed by atoms with Crippen molar-refractivity contribution in [3.8, 4) is 22.3 Å². The number of hydrogen-bond donors (Lipinski definition) is 0. The molecule has 218 valence electrons. The van der Waals surface area contributed by atoms with Crippen molar-refractivity contribution in [1.82, 2.24) is 0 Å². The van der Waals surface area contributed by atoms with E-state index in [1.165, 1.54) is 81.4 Å². The highest BCUT2D eigenvalue weighted by Gasteiger charge is 2.12. The smallest absolute Gasteiger partial charge is 0.0433 e. The van der Waals surface area contributed by atoms with E-state index in [0.29, 0.717) is 0 Å². The summed E-state index contributed by atoms with van der Waals surface area (Å²) in [4.78, 5) is 0. The Morgan fingerprint density at radius 3 is 2.09 bits per heavy atom. The maximum Gasteiger partial charge on any atom is 0.0433 e. The number of thiophene rings is 1. The largest absolute Gasteiger partial charge is 0.135 e. The molecule has 45 heavy (non-hydrogen) atoms. The summed E-state index contributed by atoms with van der Waals surface area (Å²) in [6, 6.07) is 50.9. The molecule has 0 bridgehead atoms. The Kier molecular flexibility index (Phi) is 8.03. The molecule has 0 atom stereocenters. The van der Waals surface area contributed by atoms with E-state index >= 15 is 0 Å². The predicted molar refractivity (Wildman–Crippen MR) is 198 cm³/mol. The van der Waals surface area contributed by atoms with Crippen LogP contribution in [0.4, 0.5) is 0 Å². The van der Waals surface area contributed by atoms with E-state index in [4.69, 9.17) is 0 Å². The Morgan fingerprint density at radius 2 is 1.31 bits per heavy atom. The van der Waals surface area contributed by atoms with Crippen LogP contribution in [0.15, 0.2) is 152 Å². The van der Waals surface area contributed by atoms with Gasteiger partial charge in [0.15, 0.2) is 0 Å². The highest BCUT2D eigenvalue weighted by atomic mass is 32.1. The quantitative estimate of drug-likeness (QED) is 0.161. The minimum Gasteiger partial charge on any atom is -0.135 e. The third kappa shape index (κ3) is 6.05. The van der Waals surface area contributed by atoms with Gasteiger partial charge in [0.05, 0.1) is 0 Å². The molecule has 7 rings (SSSR count). The number of benzene rings is 6. The molecule has 6 aromatic carbocycles. The number of fused-ring (bicyclic) bond motifs is 3. The molecule has 0 aliphatic rings. The van der Waals surface area contributed by atoms with Crippen molar-refractivity contribution < 1.29 is 0 Å². The van der Waals surface area contributed by atoms with Crippen LogP contribution in [0.1, 0.15) is 34.7 Å². The van der Waals surface area contributed by atoms with E-state index in [1.54, 1.807) is 0 Å². The number of rotatable bonds is 7. The van der Waals surface area contributed by atoms with Crippen molar-refractivity contribution in [1.29, 1.82) is 0 Å². The van der Waals surface area contributed by atoms with Gasteiger partial charge in [0.2, 0.25) is 0 Å². The highest BCUT2D eigenvalue weighted by Crippen LogP contribution is 2.40. The molecule has 1 aromatic heterocycles. The molecular formula is C44H36S. The molecule has 1 heterocycles. The highest BCUT2D eigenvalue weighted by molar-refractivity contribution is 7.26. The van der Waals surface area contributed by atoms with Crippen LogP contribution < -0.4 is 0 Å². The van der Waals surface area contributed by atoms with Gasteiger partial charge in [-0.3, -0.25) is 0 Å². The lowest BCUT2D eigenvalue weighted by molar-refractivity contribution is 1.27. The molecule has 7 aromatic rings. The lowest BCUT2D eigenvalue weighted by Crippen LogP contribution is -1.92. The molecule has 0 amide bonds. The SMILES string of the molecule is C/C(=C\C(=C/Cc1ccc(-c2ccccc2)cc1)c1ccc(-c2cccc3c2sc2ccccc23)cc1C)c1ccc(C)cc1. The van der Waals surface area contributed by atoms with Crippen molar-refractivity contribution in [2.45, 2.75) is 27.2 Å². The first kappa shape index (κ1) is 28.8. The summed E-state index contributed by atoms with van der Waals surface area (Å²) in [5.41, 5.74) is 14.0. The van der Waals surface area contributed by atoms with Crippen molar-refractivity contribution >= 4 is 42.7 Å². The van der Waals surface area contributed by atoms with Gasteiger partial charge in [0, 0.05) is 20.2 Å². The van der Waals surface area contributed by atoms with Crippen molar-refractivity contribution in [3.63, 3.8) is 0 Å². The Labute approximate surface area is 270 Å². The number of aryl methyl sites for hydroxylation is 2. The van der Waals surface area contributed by atoms with Crippen LogP contribution in [0.3, 0.4) is 0 Å². The fourth-order valence-corrected chi connectivity index (χ4v) is 7.44. The molecule has 0 spiro atoms. The molecule has 0 saturated heterocycles. The van der Waals surface area contributed by atoms with Crippen molar-refractivity contribution in [2.24, 2.45) is 0 Å². The third-order valence-electron chi connectivity index (χ3n) is 8.75. The molecular weight excluding hydrogens is 561 g/mol. The van der Waals surface area contributed by atoms with E-state index in [9.17, 15) is 0 Å². The summed E-state index contributed by atoms with van der Waals surface area (Å²) in [6.07, 6.45) is 5.62. The first-order valence-electron chi connectivity index (χ1n) is 15.6. The van der Waals surface area contributed by atoms with Gasteiger partial charge in [-0.1, -0.05) is 151 Å². The Balaban J connectivity index is 1.26. The monoisotopic (exact) mass is 596 g/mol. The number of hydrogen-bond acceptors (Lipinski definition) is 1. The van der Waals surface area contributed by atoms with E-state index in [0.717, 1.165) is 6.42 Å². The normalized spacial score (nSPS) is 12.2. The molecule has 0 saturated carbocycles. The molecule has 0 aliphatic heterocycles. The van der Waals surface area contributed by atoms with Gasteiger partial charge in [0.1, 0.15) is 0 Å². The zero-order valence-corrected chi connectivity index (χ0v) is 26.9. The average molecular weight is 597 g/mol. The van der Waals surface area contributed by atoms with Crippen LogP contribution in [0.25, 0.3) is 53.6 Å². The van der Waals surface area contributed by atoms with Gasteiger partial charge in [-0.15, -0.1) is 11.3 Å². The predicted octanol–water partition coefficient (Wildman–Crippen LogP) is 12.7. The van der Waals surface area contributed by atoms with Gasteiger partial charge in [-0.25, -0.2) is 0 Å². The second kappa shape index (κ2) is 12.6. The second-order valence-electron chi connectivity index (χ2n) is 11.9. The van der Waals surface area contributed by atoms with Crippen LogP contribution in [0.5, 0.6) is 0 Å². The van der Waals surface area contributed by atoms with E-state index in [-0.39, 0.29) is 0 Å². The van der Waals surface area contributed by atoms with Crippen molar-refractivity contribution in [2.75, 3.05) is 0 Å².